The lowest BCUT2D eigenvalue weighted by Crippen LogP contribution is -2.39. The van der Waals surface area contributed by atoms with Gasteiger partial charge in [-0.3, -0.25) is 4.79 Å². The molecule has 5 heteroatoms. The summed E-state index contributed by atoms with van der Waals surface area (Å²) in [5.41, 5.74) is 0. The summed E-state index contributed by atoms with van der Waals surface area (Å²) in [5.74, 6) is 0.0208. The van der Waals surface area contributed by atoms with E-state index in [4.69, 9.17) is 9.47 Å². The Morgan fingerprint density at radius 2 is 2.12 bits per heavy atom. The highest BCUT2D eigenvalue weighted by Crippen LogP contribution is 2.07. The van der Waals surface area contributed by atoms with E-state index < -0.39 is 0 Å². The Morgan fingerprint density at radius 3 is 2.71 bits per heavy atom. The maximum absolute atomic E-state index is 11.8. The molecule has 1 unspecified atom stereocenters. The molecule has 17 heavy (non-hydrogen) atoms. The van der Waals surface area contributed by atoms with Gasteiger partial charge in [0.2, 0.25) is 5.91 Å². The summed E-state index contributed by atoms with van der Waals surface area (Å²) < 4.78 is 10.7. The van der Waals surface area contributed by atoms with E-state index in [-0.39, 0.29) is 24.7 Å². The van der Waals surface area contributed by atoms with E-state index in [1.165, 1.54) is 0 Å². The number of amides is 1. The number of rotatable bonds is 6. The van der Waals surface area contributed by atoms with Crippen molar-refractivity contribution in [3.05, 3.63) is 0 Å². The minimum atomic E-state index is 0.0208. The van der Waals surface area contributed by atoms with Crippen molar-refractivity contribution in [2.24, 2.45) is 0 Å². The first-order valence-corrected chi connectivity index (χ1v) is 6.22. The molecule has 1 rings (SSSR count). The molecule has 0 saturated carbocycles. The molecule has 1 N–H and O–H groups in total. The summed E-state index contributed by atoms with van der Waals surface area (Å²) >= 11 is 0. The average molecular weight is 244 g/mol. The Balaban J connectivity index is 2.18. The lowest BCUT2D eigenvalue weighted by molar-refractivity contribution is -0.138. The van der Waals surface area contributed by atoms with E-state index in [9.17, 15) is 4.79 Å². The van der Waals surface area contributed by atoms with Crippen molar-refractivity contribution in [2.75, 3.05) is 40.4 Å². The summed E-state index contributed by atoms with van der Waals surface area (Å²) in [4.78, 5) is 13.4. The number of carbonyl (C=O) groups is 1. The molecule has 1 aliphatic rings. The zero-order valence-electron chi connectivity index (χ0n) is 11.1. The van der Waals surface area contributed by atoms with Gasteiger partial charge in [-0.1, -0.05) is 0 Å². The van der Waals surface area contributed by atoms with Gasteiger partial charge in [0.05, 0.1) is 12.2 Å². The van der Waals surface area contributed by atoms with Gasteiger partial charge in [0, 0.05) is 20.7 Å². The van der Waals surface area contributed by atoms with Crippen LogP contribution in [-0.2, 0) is 14.3 Å². The maximum Gasteiger partial charge on any atom is 0.248 e. The number of nitrogens with zero attached hydrogens (tertiary/aromatic N) is 1. The normalized spacial score (nSPS) is 19.0. The number of ether oxygens (including phenoxy) is 2. The van der Waals surface area contributed by atoms with Gasteiger partial charge in [0.1, 0.15) is 6.61 Å². The van der Waals surface area contributed by atoms with Gasteiger partial charge in [-0.2, -0.15) is 0 Å². The zero-order chi connectivity index (χ0) is 12.7. The van der Waals surface area contributed by atoms with Crippen LogP contribution in [0.4, 0.5) is 0 Å². The SMILES string of the molecule is COC(C)CN(C)C(=O)COC1CCNCC1. The third-order valence-corrected chi connectivity index (χ3v) is 3.09. The van der Waals surface area contributed by atoms with Crippen molar-refractivity contribution in [1.29, 1.82) is 0 Å². The van der Waals surface area contributed by atoms with E-state index in [2.05, 4.69) is 5.32 Å². The van der Waals surface area contributed by atoms with E-state index in [0.29, 0.717) is 6.54 Å². The second kappa shape index (κ2) is 7.63. The molecule has 1 heterocycles. The standard InChI is InChI=1S/C12H24N2O3/c1-10(16-3)8-14(2)12(15)9-17-11-4-6-13-7-5-11/h10-11,13H,4-9H2,1-3H3. The molecule has 100 valence electrons. The van der Waals surface area contributed by atoms with Crippen LogP contribution in [-0.4, -0.2) is 63.4 Å². The summed E-state index contributed by atoms with van der Waals surface area (Å²) in [5, 5.41) is 3.27. The molecule has 0 aromatic rings. The van der Waals surface area contributed by atoms with Crippen molar-refractivity contribution >= 4 is 5.91 Å². The molecule has 1 amide bonds. The number of carbonyl (C=O) groups excluding carboxylic acids is 1. The van der Waals surface area contributed by atoms with Gasteiger partial charge in [0.15, 0.2) is 0 Å². The van der Waals surface area contributed by atoms with Crippen LogP contribution in [0.3, 0.4) is 0 Å². The van der Waals surface area contributed by atoms with Gasteiger partial charge >= 0.3 is 0 Å². The molecule has 0 aliphatic carbocycles. The highest BCUT2D eigenvalue weighted by Gasteiger charge is 2.17. The number of hydrogen-bond acceptors (Lipinski definition) is 4. The Morgan fingerprint density at radius 1 is 1.47 bits per heavy atom. The fraction of sp³-hybridized carbons (Fsp3) is 0.917. The van der Waals surface area contributed by atoms with Crippen LogP contribution in [0.5, 0.6) is 0 Å². The molecule has 1 fully saturated rings. The summed E-state index contributed by atoms with van der Waals surface area (Å²) in [7, 11) is 3.43. The highest BCUT2D eigenvalue weighted by atomic mass is 16.5. The number of nitrogens with one attached hydrogen (secondary N) is 1. The predicted octanol–water partition coefficient (Wildman–Crippen LogP) is 0.248. The molecule has 0 bridgehead atoms. The van der Waals surface area contributed by atoms with Crippen molar-refractivity contribution < 1.29 is 14.3 Å². The van der Waals surface area contributed by atoms with Crippen LogP contribution < -0.4 is 5.32 Å². The lowest BCUT2D eigenvalue weighted by Gasteiger charge is -2.25. The first-order chi connectivity index (χ1) is 8.13. The van der Waals surface area contributed by atoms with E-state index in [0.717, 1.165) is 25.9 Å². The summed E-state index contributed by atoms with van der Waals surface area (Å²) in [6.07, 6.45) is 2.27. The Labute approximate surface area is 103 Å². The fourth-order valence-corrected chi connectivity index (χ4v) is 1.82. The van der Waals surface area contributed by atoms with Gasteiger partial charge in [-0.05, 0) is 32.9 Å². The van der Waals surface area contributed by atoms with Crippen LogP contribution in [0.15, 0.2) is 0 Å². The van der Waals surface area contributed by atoms with Crippen molar-refractivity contribution in [2.45, 2.75) is 32.0 Å². The Bertz CT molecular complexity index is 230. The predicted molar refractivity (Wildman–Crippen MR) is 66.0 cm³/mol. The molecule has 5 nitrogen and oxygen atoms in total. The second-order valence-corrected chi connectivity index (χ2v) is 4.58. The molecule has 0 aromatic carbocycles. The van der Waals surface area contributed by atoms with Crippen molar-refractivity contribution in [3.8, 4) is 0 Å². The van der Waals surface area contributed by atoms with E-state index in [1.54, 1.807) is 19.1 Å². The Hall–Kier alpha value is -0.650. The minimum absolute atomic E-state index is 0.0208. The van der Waals surface area contributed by atoms with Gasteiger partial charge in [0.25, 0.3) is 0 Å². The Kier molecular flexibility index (Phi) is 6.47. The average Bonchev–Trinajstić information content (AvgIpc) is 2.36. The molecular formula is C12H24N2O3. The van der Waals surface area contributed by atoms with Gasteiger partial charge in [-0.25, -0.2) is 0 Å². The molecular weight excluding hydrogens is 220 g/mol. The molecule has 1 saturated heterocycles. The lowest BCUT2D eigenvalue weighted by atomic mass is 10.1. The van der Waals surface area contributed by atoms with Crippen LogP contribution in [0.2, 0.25) is 0 Å². The number of likely N-dealkylation sites (N-methyl/N-ethyl adjacent to an activating group) is 1. The van der Waals surface area contributed by atoms with Crippen LogP contribution in [0.1, 0.15) is 19.8 Å². The highest BCUT2D eigenvalue weighted by molar-refractivity contribution is 5.77. The summed E-state index contributed by atoms with van der Waals surface area (Å²) in [6.45, 7) is 4.69. The van der Waals surface area contributed by atoms with Crippen LogP contribution in [0.25, 0.3) is 0 Å². The molecule has 0 aromatic heterocycles. The maximum atomic E-state index is 11.8. The fourth-order valence-electron chi connectivity index (χ4n) is 1.82. The van der Waals surface area contributed by atoms with Crippen molar-refractivity contribution in [1.82, 2.24) is 10.2 Å². The second-order valence-electron chi connectivity index (χ2n) is 4.58. The smallest absolute Gasteiger partial charge is 0.248 e. The van der Waals surface area contributed by atoms with Crippen LogP contribution >= 0.6 is 0 Å². The quantitative estimate of drug-likeness (QED) is 0.727. The van der Waals surface area contributed by atoms with Crippen molar-refractivity contribution in [3.63, 3.8) is 0 Å². The van der Waals surface area contributed by atoms with E-state index in [1.807, 2.05) is 6.92 Å². The van der Waals surface area contributed by atoms with Crippen LogP contribution in [0, 0.1) is 0 Å². The van der Waals surface area contributed by atoms with Gasteiger partial charge in [-0.15, -0.1) is 0 Å². The first-order valence-electron chi connectivity index (χ1n) is 6.22. The third kappa shape index (κ3) is 5.48. The largest absolute Gasteiger partial charge is 0.380 e. The number of piperidine rings is 1. The molecule has 0 radical (unpaired) electrons. The minimum Gasteiger partial charge on any atom is -0.380 e. The zero-order valence-corrected chi connectivity index (χ0v) is 11.1. The first kappa shape index (κ1) is 14.4. The van der Waals surface area contributed by atoms with Gasteiger partial charge < -0.3 is 19.7 Å². The van der Waals surface area contributed by atoms with E-state index >= 15 is 0 Å². The monoisotopic (exact) mass is 244 g/mol. The molecule has 0 spiro atoms. The molecule has 1 aliphatic heterocycles. The third-order valence-electron chi connectivity index (χ3n) is 3.09. The topological polar surface area (TPSA) is 50.8 Å². The summed E-state index contributed by atoms with van der Waals surface area (Å²) in [6, 6.07) is 0. The number of hydrogen-bond donors (Lipinski definition) is 1. The molecule has 1 atom stereocenters. The number of methoxy groups -OCH3 is 1.